The second kappa shape index (κ2) is 5.23. The van der Waals surface area contributed by atoms with Crippen LogP contribution in [0, 0.1) is 5.92 Å². The van der Waals surface area contributed by atoms with Crippen LogP contribution in [-0.4, -0.2) is 28.6 Å². The van der Waals surface area contributed by atoms with Crippen molar-refractivity contribution in [1.82, 2.24) is 20.2 Å². The lowest BCUT2D eigenvalue weighted by atomic mass is 10.2. The minimum absolute atomic E-state index is 0.599. The van der Waals surface area contributed by atoms with E-state index >= 15 is 0 Å². The van der Waals surface area contributed by atoms with Gasteiger partial charge in [-0.1, -0.05) is 6.92 Å². The number of nitrogens with zero attached hydrogens (tertiary/aromatic N) is 3. The monoisotopic (exact) mass is 261 g/mol. The number of aliphatic imine (C=N–C) groups is 1. The normalized spacial score (nSPS) is 25.9. The quantitative estimate of drug-likeness (QED) is 0.637. The first-order valence-corrected chi connectivity index (χ1v) is 7.28. The van der Waals surface area contributed by atoms with Crippen LogP contribution < -0.4 is 10.6 Å². The molecular weight excluding hydrogens is 238 g/mol. The molecule has 0 bridgehead atoms. The lowest BCUT2D eigenvalue weighted by Gasteiger charge is -2.11. The van der Waals surface area contributed by atoms with Crippen LogP contribution in [0.25, 0.3) is 0 Å². The highest BCUT2D eigenvalue weighted by atomic mass is 15.2. The molecule has 2 heterocycles. The molecule has 1 saturated carbocycles. The molecule has 1 aliphatic heterocycles. The topological polar surface area (TPSA) is 54.2 Å². The third-order valence-corrected chi connectivity index (χ3v) is 4.05. The molecule has 0 radical (unpaired) electrons. The Morgan fingerprint density at radius 1 is 1.53 bits per heavy atom. The van der Waals surface area contributed by atoms with Gasteiger partial charge in [0.15, 0.2) is 5.96 Å². The number of imidazole rings is 1. The summed E-state index contributed by atoms with van der Waals surface area (Å²) in [5.74, 6) is 2.90. The van der Waals surface area contributed by atoms with E-state index in [-0.39, 0.29) is 0 Å². The molecule has 1 aromatic heterocycles. The van der Waals surface area contributed by atoms with Crippen molar-refractivity contribution in [2.24, 2.45) is 10.9 Å². The molecule has 2 unspecified atom stereocenters. The van der Waals surface area contributed by atoms with E-state index < -0.39 is 0 Å². The van der Waals surface area contributed by atoms with Gasteiger partial charge in [-0.2, -0.15) is 0 Å². The number of fused-ring (bicyclic) bond motifs is 1. The summed E-state index contributed by atoms with van der Waals surface area (Å²) in [7, 11) is 1.82. The molecular formula is C14H23N5. The fraction of sp³-hybridized carbons (Fsp3) is 0.714. The molecule has 5 heteroatoms. The van der Waals surface area contributed by atoms with Crippen molar-refractivity contribution in [2.45, 2.75) is 51.7 Å². The van der Waals surface area contributed by atoms with Gasteiger partial charge in [0.05, 0.1) is 12.2 Å². The van der Waals surface area contributed by atoms with Crippen molar-refractivity contribution < 1.29 is 0 Å². The highest BCUT2D eigenvalue weighted by molar-refractivity contribution is 5.80. The summed E-state index contributed by atoms with van der Waals surface area (Å²) in [4.78, 5) is 8.94. The predicted molar refractivity (Wildman–Crippen MR) is 76.1 cm³/mol. The molecule has 1 aliphatic carbocycles. The Morgan fingerprint density at radius 2 is 2.37 bits per heavy atom. The first kappa shape index (κ1) is 12.5. The van der Waals surface area contributed by atoms with Gasteiger partial charge in [0.1, 0.15) is 5.82 Å². The van der Waals surface area contributed by atoms with Gasteiger partial charge in [0.25, 0.3) is 0 Å². The van der Waals surface area contributed by atoms with E-state index in [0.29, 0.717) is 6.04 Å². The predicted octanol–water partition coefficient (Wildman–Crippen LogP) is 1.29. The number of aryl methyl sites for hydroxylation is 2. The Balaban J connectivity index is 1.54. The molecule has 1 fully saturated rings. The van der Waals surface area contributed by atoms with Crippen molar-refractivity contribution in [1.29, 1.82) is 0 Å². The van der Waals surface area contributed by atoms with Crippen molar-refractivity contribution in [3.63, 3.8) is 0 Å². The average Bonchev–Trinajstić information content (AvgIpc) is 2.96. The SMILES string of the molecule is CN=C(NCc1cn2c(n1)CCCC2)NC1CC1C. The number of aromatic nitrogens is 2. The zero-order chi connectivity index (χ0) is 13.2. The highest BCUT2D eigenvalue weighted by Gasteiger charge is 2.33. The summed E-state index contributed by atoms with van der Waals surface area (Å²) >= 11 is 0. The Labute approximate surface area is 114 Å². The fourth-order valence-electron chi connectivity index (χ4n) is 2.62. The Bertz CT molecular complexity index is 453. The van der Waals surface area contributed by atoms with E-state index in [9.17, 15) is 0 Å². The minimum atomic E-state index is 0.599. The van der Waals surface area contributed by atoms with Gasteiger partial charge in [-0.25, -0.2) is 4.98 Å². The average molecular weight is 261 g/mol. The van der Waals surface area contributed by atoms with Crippen molar-refractivity contribution in [3.8, 4) is 0 Å². The van der Waals surface area contributed by atoms with Crippen molar-refractivity contribution in [2.75, 3.05) is 7.05 Å². The van der Waals surface area contributed by atoms with Gasteiger partial charge in [-0.15, -0.1) is 0 Å². The second-order valence-corrected chi connectivity index (χ2v) is 5.69. The van der Waals surface area contributed by atoms with E-state index in [0.717, 1.165) is 37.1 Å². The second-order valence-electron chi connectivity index (χ2n) is 5.69. The molecule has 3 rings (SSSR count). The van der Waals surface area contributed by atoms with E-state index in [1.54, 1.807) is 0 Å². The number of rotatable bonds is 3. The molecule has 0 amide bonds. The molecule has 0 spiro atoms. The van der Waals surface area contributed by atoms with E-state index in [2.05, 4.69) is 38.3 Å². The molecule has 5 nitrogen and oxygen atoms in total. The highest BCUT2D eigenvalue weighted by Crippen LogP contribution is 2.28. The van der Waals surface area contributed by atoms with Crippen molar-refractivity contribution in [3.05, 3.63) is 17.7 Å². The van der Waals surface area contributed by atoms with Crippen LogP contribution >= 0.6 is 0 Å². The molecule has 2 aliphatic rings. The maximum absolute atomic E-state index is 4.68. The summed E-state index contributed by atoms with van der Waals surface area (Å²) in [5.41, 5.74) is 1.11. The first-order chi connectivity index (χ1) is 9.26. The van der Waals surface area contributed by atoms with Crippen LogP contribution in [0.3, 0.4) is 0 Å². The van der Waals surface area contributed by atoms with Gasteiger partial charge < -0.3 is 15.2 Å². The van der Waals surface area contributed by atoms with Gasteiger partial charge in [-0.05, 0) is 25.2 Å². The largest absolute Gasteiger partial charge is 0.353 e. The molecule has 104 valence electrons. The number of hydrogen-bond acceptors (Lipinski definition) is 2. The first-order valence-electron chi connectivity index (χ1n) is 7.28. The number of guanidine groups is 1. The summed E-state index contributed by atoms with van der Waals surface area (Å²) in [5, 5.41) is 6.78. The Kier molecular flexibility index (Phi) is 3.44. The molecule has 2 N–H and O–H groups in total. The standard InChI is InChI=1S/C14H23N5/c1-10-7-12(10)18-14(15-2)16-8-11-9-19-6-4-3-5-13(19)17-11/h9-10,12H,3-8H2,1-2H3,(H2,15,16,18). The maximum Gasteiger partial charge on any atom is 0.191 e. The lowest BCUT2D eigenvalue weighted by Crippen LogP contribution is -2.38. The molecule has 0 saturated heterocycles. The maximum atomic E-state index is 4.68. The van der Waals surface area contributed by atoms with Crippen LogP contribution in [0.1, 0.15) is 37.7 Å². The molecule has 0 aromatic carbocycles. The zero-order valence-corrected chi connectivity index (χ0v) is 11.8. The van der Waals surface area contributed by atoms with Crippen molar-refractivity contribution >= 4 is 5.96 Å². The van der Waals surface area contributed by atoms with Crippen LogP contribution in [-0.2, 0) is 19.5 Å². The fourth-order valence-corrected chi connectivity index (χ4v) is 2.62. The molecule has 2 atom stereocenters. The van der Waals surface area contributed by atoms with Gasteiger partial charge >= 0.3 is 0 Å². The number of hydrogen-bond donors (Lipinski definition) is 2. The zero-order valence-electron chi connectivity index (χ0n) is 11.8. The molecule has 1 aromatic rings. The smallest absolute Gasteiger partial charge is 0.191 e. The molecule has 19 heavy (non-hydrogen) atoms. The minimum Gasteiger partial charge on any atom is -0.353 e. The summed E-state index contributed by atoms with van der Waals surface area (Å²) < 4.78 is 2.29. The Morgan fingerprint density at radius 3 is 3.05 bits per heavy atom. The van der Waals surface area contributed by atoms with Gasteiger partial charge in [0, 0.05) is 32.3 Å². The van der Waals surface area contributed by atoms with Crippen LogP contribution in [0.5, 0.6) is 0 Å². The summed E-state index contributed by atoms with van der Waals surface area (Å²) in [6, 6.07) is 0.599. The van der Waals surface area contributed by atoms with Gasteiger partial charge in [0.2, 0.25) is 0 Å². The van der Waals surface area contributed by atoms with Crippen LogP contribution in [0.4, 0.5) is 0 Å². The van der Waals surface area contributed by atoms with E-state index in [1.807, 2.05) is 7.05 Å². The van der Waals surface area contributed by atoms with Gasteiger partial charge in [-0.3, -0.25) is 4.99 Å². The third-order valence-electron chi connectivity index (χ3n) is 4.05. The van der Waals surface area contributed by atoms with E-state index in [4.69, 9.17) is 0 Å². The lowest BCUT2D eigenvalue weighted by molar-refractivity contribution is 0.522. The third kappa shape index (κ3) is 2.91. The van der Waals surface area contributed by atoms with Crippen LogP contribution in [0.15, 0.2) is 11.2 Å². The van der Waals surface area contributed by atoms with Crippen LogP contribution in [0.2, 0.25) is 0 Å². The number of nitrogens with one attached hydrogen (secondary N) is 2. The van der Waals surface area contributed by atoms with E-state index in [1.165, 1.54) is 25.1 Å². The summed E-state index contributed by atoms with van der Waals surface area (Å²) in [6.45, 7) is 4.13. The summed E-state index contributed by atoms with van der Waals surface area (Å²) in [6.07, 6.45) is 7.09. The Hall–Kier alpha value is -1.52.